The van der Waals surface area contributed by atoms with Crippen LogP contribution in [0.3, 0.4) is 0 Å². The number of H-pyrrole nitrogens is 1. The van der Waals surface area contributed by atoms with Gasteiger partial charge in [-0.2, -0.15) is 0 Å². The van der Waals surface area contributed by atoms with E-state index in [0.29, 0.717) is 5.69 Å². The van der Waals surface area contributed by atoms with Crippen LogP contribution in [-0.4, -0.2) is 39.8 Å². The van der Waals surface area contributed by atoms with Gasteiger partial charge in [0.2, 0.25) is 0 Å². The van der Waals surface area contributed by atoms with Crippen molar-refractivity contribution in [2.75, 3.05) is 13.1 Å². The van der Waals surface area contributed by atoms with Crippen LogP contribution in [0.5, 0.6) is 0 Å². The lowest BCUT2D eigenvalue weighted by molar-refractivity contribution is 0.100. The zero-order valence-corrected chi connectivity index (χ0v) is 9.73. The maximum absolute atomic E-state index is 11.6. The molecule has 2 rings (SSSR count). The number of hydrogen-bond donors (Lipinski definition) is 1. The second-order valence-electron chi connectivity index (χ2n) is 4.05. The van der Waals surface area contributed by atoms with Crippen molar-refractivity contribution in [3.8, 4) is 0 Å². The topological polar surface area (TPSA) is 75.3 Å². The normalized spacial score (nSPS) is 15.0. The standard InChI is InChI=1S/C11H15N3O3/c1-8(15)10-12-6-9(13-10)7-17-11(16)14-4-2-3-5-14/h6H,2-5,7H2,1H3,(H,12,13). The fourth-order valence-electron chi connectivity index (χ4n) is 1.74. The van der Waals surface area contributed by atoms with Crippen LogP contribution >= 0.6 is 0 Å². The molecule has 1 aromatic rings. The van der Waals surface area contributed by atoms with Crippen molar-refractivity contribution in [3.63, 3.8) is 0 Å². The molecule has 1 amide bonds. The molecule has 1 saturated heterocycles. The Labute approximate surface area is 99.0 Å². The monoisotopic (exact) mass is 237 g/mol. The van der Waals surface area contributed by atoms with Crippen molar-refractivity contribution < 1.29 is 14.3 Å². The summed E-state index contributed by atoms with van der Waals surface area (Å²) in [7, 11) is 0. The minimum Gasteiger partial charge on any atom is -0.443 e. The third-order valence-corrected chi connectivity index (χ3v) is 2.67. The first-order chi connectivity index (χ1) is 8.16. The van der Waals surface area contributed by atoms with E-state index in [4.69, 9.17) is 4.74 Å². The summed E-state index contributed by atoms with van der Waals surface area (Å²) in [6.07, 6.45) is 3.33. The number of carbonyl (C=O) groups is 2. The van der Waals surface area contributed by atoms with Gasteiger partial charge in [-0.1, -0.05) is 0 Å². The molecule has 0 bridgehead atoms. The van der Waals surface area contributed by atoms with Gasteiger partial charge in [-0.15, -0.1) is 0 Å². The van der Waals surface area contributed by atoms with Gasteiger partial charge in [0.25, 0.3) is 0 Å². The van der Waals surface area contributed by atoms with Gasteiger partial charge in [0, 0.05) is 26.2 Å². The fraction of sp³-hybridized carbons (Fsp3) is 0.545. The van der Waals surface area contributed by atoms with Crippen LogP contribution in [0.2, 0.25) is 0 Å². The van der Waals surface area contributed by atoms with E-state index in [2.05, 4.69) is 9.97 Å². The number of Topliss-reactive ketones (excluding diaryl/α,β-unsaturated/α-hetero) is 1. The quantitative estimate of drug-likeness (QED) is 0.805. The molecular weight excluding hydrogens is 222 g/mol. The number of hydrogen-bond acceptors (Lipinski definition) is 4. The molecule has 0 unspecified atom stereocenters. The summed E-state index contributed by atoms with van der Waals surface area (Å²) in [5.41, 5.74) is 0.558. The largest absolute Gasteiger partial charge is 0.443 e. The number of ether oxygens (including phenoxy) is 1. The second-order valence-corrected chi connectivity index (χ2v) is 4.05. The first-order valence-electron chi connectivity index (χ1n) is 5.64. The zero-order chi connectivity index (χ0) is 12.3. The summed E-state index contributed by atoms with van der Waals surface area (Å²) >= 11 is 0. The van der Waals surface area contributed by atoms with E-state index < -0.39 is 0 Å². The summed E-state index contributed by atoms with van der Waals surface area (Å²) in [4.78, 5) is 31.0. The Morgan fingerprint density at radius 2 is 2.18 bits per heavy atom. The van der Waals surface area contributed by atoms with Crippen LogP contribution < -0.4 is 0 Å². The predicted molar refractivity (Wildman–Crippen MR) is 59.6 cm³/mol. The molecule has 0 saturated carbocycles. The van der Waals surface area contributed by atoms with Crippen molar-refractivity contribution in [2.45, 2.75) is 26.4 Å². The van der Waals surface area contributed by atoms with E-state index in [1.54, 1.807) is 11.1 Å². The van der Waals surface area contributed by atoms with E-state index in [1.165, 1.54) is 6.92 Å². The molecule has 2 heterocycles. The van der Waals surface area contributed by atoms with Crippen molar-refractivity contribution >= 4 is 11.9 Å². The van der Waals surface area contributed by atoms with Gasteiger partial charge < -0.3 is 14.6 Å². The number of amides is 1. The van der Waals surface area contributed by atoms with Crippen LogP contribution in [0.4, 0.5) is 4.79 Å². The van der Waals surface area contributed by atoms with Gasteiger partial charge in [-0.05, 0) is 12.8 Å². The van der Waals surface area contributed by atoms with Crippen molar-refractivity contribution in [1.29, 1.82) is 0 Å². The molecule has 17 heavy (non-hydrogen) atoms. The first-order valence-corrected chi connectivity index (χ1v) is 5.64. The van der Waals surface area contributed by atoms with Gasteiger partial charge in [-0.25, -0.2) is 9.78 Å². The highest BCUT2D eigenvalue weighted by molar-refractivity contribution is 5.90. The lowest BCUT2D eigenvalue weighted by Crippen LogP contribution is -2.28. The third kappa shape index (κ3) is 2.83. The van der Waals surface area contributed by atoms with E-state index in [-0.39, 0.29) is 24.3 Å². The Bertz CT molecular complexity index is 421. The Hall–Kier alpha value is -1.85. The molecule has 6 nitrogen and oxygen atoms in total. The molecule has 0 radical (unpaired) electrons. The Kier molecular flexibility index (Phi) is 3.41. The Morgan fingerprint density at radius 1 is 1.47 bits per heavy atom. The molecule has 0 aromatic carbocycles. The third-order valence-electron chi connectivity index (χ3n) is 2.67. The minimum absolute atomic E-state index is 0.0963. The van der Waals surface area contributed by atoms with Gasteiger partial charge in [0.15, 0.2) is 11.6 Å². The predicted octanol–water partition coefficient (Wildman–Crippen LogP) is 1.34. The second kappa shape index (κ2) is 4.99. The fourth-order valence-corrected chi connectivity index (χ4v) is 1.74. The minimum atomic E-state index is -0.310. The van der Waals surface area contributed by atoms with Crippen molar-refractivity contribution in [2.24, 2.45) is 0 Å². The Morgan fingerprint density at radius 3 is 2.76 bits per heavy atom. The number of aromatic nitrogens is 2. The number of ketones is 1. The number of aromatic amines is 1. The van der Waals surface area contributed by atoms with Gasteiger partial charge >= 0.3 is 6.09 Å². The average molecular weight is 237 g/mol. The number of nitrogens with one attached hydrogen (secondary N) is 1. The Balaban J connectivity index is 1.84. The van der Waals surface area contributed by atoms with Crippen LogP contribution in [-0.2, 0) is 11.3 Å². The van der Waals surface area contributed by atoms with E-state index >= 15 is 0 Å². The maximum Gasteiger partial charge on any atom is 0.410 e. The summed E-state index contributed by atoms with van der Waals surface area (Å²) < 4.78 is 5.10. The molecule has 1 aromatic heterocycles. The zero-order valence-electron chi connectivity index (χ0n) is 9.73. The van der Waals surface area contributed by atoms with Crippen LogP contribution in [0, 0.1) is 0 Å². The lowest BCUT2D eigenvalue weighted by atomic mass is 10.4. The van der Waals surface area contributed by atoms with Gasteiger partial charge in [-0.3, -0.25) is 4.79 Å². The maximum atomic E-state index is 11.6. The number of likely N-dealkylation sites (tertiary alicyclic amines) is 1. The highest BCUT2D eigenvalue weighted by Crippen LogP contribution is 2.10. The number of carbonyl (C=O) groups excluding carboxylic acids is 2. The summed E-state index contributed by atoms with van der Waals surface area (Å²) in [6.45, 7) is 3.05. The number of rotatable bonds is 3. The molecule has 0 aliphatic carbocycles. The SMILES string of the molecule is CC(=O)c1nc(COC(=O)N2CCCC2)c[nH]1. The van der Waals surface area contributed by atoms with Crippen molar-refractivity contribution in [1.82, 2.24) is 14.9 Å². The first kappa shape index (κ1) is 11.6. The molecule has 1 fully saturated rings. The molecule has 1 aliphatic rings. The highest BCUT2D eigenvalue weighted by Gasteiger charge is 2.19. The van der Waals surface area contributed by atoms with Gasteiger partial charge in [0.05, 0.1) is 5.69 Å². The summed E-state index contributed by atoms with van der Waals surface area (Å²) in [5, 5.41) is 0. The van der Waals surface area contributed by atoms with E-state index in [1.807, 2.05) is 0 Å². The van der Waals surface area contributed by atoms with E-state index in [9.17, 15) is 9.59 Å². The molecule has 0 spiro atoms. The summed E-state index contributed by atoms with van der Waals surface area (Å²) in [6, 6.07) is 0. The molecule has 6 heteroatoms. The van der Waals surface area contributed by atoms with Crippen LogP contribution in [0.1, 0.15) is 36.1 Å². The number of nitrogens with zero attached hydrogens (tertiary/aromatic N) is 2. The molecule has 0 atom stereocenters. The van der Waals surface area contributed by atoms with E-state index in [0.717, 1.165) is 25.9 Å². The van der Waals surface area contributed by atoms with Crippen molar-refractivity contribution in [3.05, 3.63) is 17.7 Å². The molecule has 1 N–H and O–H groups in total. The van der Waals surface area contributed by atoms with Crippen LogP contribution in [0.15, 0.2) is 6.20 Å². The molecule has 92 valence electrons. The molecular formula is C11H15N3O3. The molecule has 1 aliphatic heterocycles. The number of imidazole rings is 1. The average Bonchev–Trinajstić information content (AvgIpc) is 2.97. The lowest BCUT2D eigenvalue weighted by Gasteiger charge is -2.14. The smallest absolute Gasteiger partial charge is 0.410 e. The van der Waals surface area contributed by atoms with Gasteiger partial charge in [0.1, 0.15) is 6.61 Å². The van der Waals surface area contributed by atoms with Crippen LogP contribution in [0.25, 0.3) is 0 Å². The highest BCUT2D eigenvalue weighted by atomic mass is 16.6. The summed E-state index contributed by atoms with van der Waals surface area (Å²) in [5.74, 6) is 0.152.